The number of hydrogen-bond donors (Lipinski definition) is 4. The van der Waals surface area contributed by atoms with E-state index in [1.54, 1.807) is 37.3 Å². The number of morpholine rings is 2. The lowest BCUT2D eigenvalue weighted by Gasteiger charge is -2.31. The van der Waals surface area contributed by atoms with E-state index in [9.17, 15) is 27.6 Å². The van der Waals surface area contributed by atoms with E-state index in [1.165, 1.54) is 0 Å². The van der Waals surface area contributed by atoms with Crippen LogP contribution in [0, 0.1) is 5.92 Å². The first-order valence-electron chi connectivity index (χ1n) is 18.5. The van der Waals surface area contributed by atoms with E-state index in [4.69, 9.17) is 14.2 Å². The molecule has 53 heavy (non-hydrogen) atoms. The molecule has 1 aromatic carbocycles. The van der Waals surface area contributed by atoms with Crippen LogP contribution in [0.3, 0.4) is 0 Å². The third-order valence-corrected chi connectivity index (χ3v) is 11.2. The minimum Gasteiger partial charge on any atom is -0.379 e. The summed E-state index contributed by atoms with van der Waals surface area (Å²) in [6.45, 7) is 4.57. The number of nitrogens with zero attached hydrogens (tertiary/aromatic N) is 2. The number of halogens is 2. The molecular weight excluding hydrogens is 718 g/mol. The molecule has 2 aliphatic heterocycles. The molecule has 2 heterocycles. The minimum atomic E-state index is -4.46. The highest BCUT2D eigenvalue weighted by molar-refractivity contribution is 7.87. The molecule has 2 saturated heterocycles. The Morgan fingerprint density at radius 2 is 1.55 bits per heavy atom. The molecular formula is C35H54F2N6O9S. The maximum absolute atomic E-state index is 15.5. The lowest BCUT2D eigenvalue weighted by molar-refractivity contribution is -0.161. The molecule has 3 aliphatic rings. The first-order chi connectivity index (χ1) is 25.4. The lowest BCUT2D eigenvalue weighted by atomic mass is 9.83. The average molecular weight is 773 g/mol. The maximum Gasteiger partial charge on any atom is 0.383 e. The number of nitrogens with one attached hydrogen (secondary N) is 4. The Morgan fingerprint density at radius 3 is 2.19 bits per heavy atom. The summed E-state index contributed by atoms with van der Waals surface area (Å²) in [4.78, 5) is 55.7. The molecule has 1 saturated carbocycles. The SMILES string of the molecule is CCCOC(NC(=O)[C@H](Cc1ccccc1)NS(=O)(=O)N1CCOCC1)C(=O)N[C@@H](CC1CCCCC1)C(=O)C(F)(F)C(=O)NCCN1CCOCC1. The van der Waals surface area contributed by atoms with Gasteiger partial charge in [0, 0.05) is 45.9 Å². The van der Waals surface area contributed by atoms with E-state index in [2.05, 4.69) is 20.7 Å². The second-order valence-corrected chi connectivity index (χ2v) is 15.3. The summed E-state index contributed by atoms with van der Waals surface area (Å²) in [7, 11) is -4.18. The first kappa shape index (κ1) is 42.6. The topological polar surface area (TPSA) is 185 Å². The van der Waals surface area contributed by atoms with Crippen LogP contribution in [0.4, 0.5) is 8.78 Å². The lowest BCUT2D eigenvalue weighted by Crippen LogP contribution is -2.60. The van der Waals surface area contributed by atoms with Gasteiger partial charge in [-0.05, 0) is 30.7 Å². The second kappa shape index (κ2) is 21.1. The summed E-state index contributed by atoms with van der Waals surface area (Å²) >= 11 is 0. The summed E-state index contributed by atoms with van der Waals surface area (Å²) in [5.74, 6) is -10.1. The van der Waals surface area contributed by atoms with Gasteiger partial charge < -0.3 is 30.2 Å². The molecule has 0 spiro atoms. The Hall–Kier alpha value is -3.13. The zero-order chi connectivity index (χ0) is 38.3. The van der Waals surface area contributed by atoms with E-state index < -0.39 is 57.9 Å². The standard InChI is InChI=1S/C35H54F2N6O9S/c1-2-19-52-33(40-31(45)29(25-27-11-7-4-8-12-27)41-53(48,49)43-17-22-51-23-18-43)32(46)39-28(24-26-9-5-3-6-10-26)30(44)35(36,37)34(47)38-13-14-42-15-20-50-21-16-42/h4,7-8,11-12,26,28-29,33,41H,2-3,5-6,9-10,13-25H2,1H3,(H,38,47)(H,39,46)(H,40,45)/t28-,29-,33?/m0/s1. The van der Waals surface area contributed by atoms with Crippen LogP contribution in [-0.2, 0) is 50.0 Å². The molecule has 0 radical (unpaired) electrons. The van der Waals surface area contributed by atoms with E-state index >= 15 is 8.78 Å². The Balaban J connectivity index is 1.50. The molecule has 3 atom stereocenters. The fourth-order valence-electron chi connectivity index (χ4n) is 6.56. The number of rotatable bonds is 20. The van der Waals surface area contributed by atoms with Crippen molar-refractivity contribution < 1.29 is 50.6 Å². The minimum absolute atomic E-state index is 0.0375. The van der Waals surface area contributed by atoms with Gasteiger partial charge >= 0.3 is 5.92 Å². The normalized spacial score (nSPS) is 19.8. The van der Waals surface area contributed by atoms with Crippen molar-refractivity contribution in [2.24, 2.45) is 5.92 Å². The highest BCUT2D eigenvalue weighted by atomic mass is 32.2. The van der Waals surface area contributed by atoms with Crippen molar-refractivity contribution in [2.45, 2.75) is 82.5 Å². The van der Waals surface area contributed by atoms with Gasteiger partial charge in [0.25, 0.3) is 22.0 Å². The quantitative estimate of drug-likeness (QED) is 0.109. The van der Waals surface area contributed by atoms with Crippen LogP contribution in [0.25, 0.3) is 0 Å². The number of ether oxygens (including phenoxy) is 3. The summed E-state index contributed by atoms with van der Waals surface area (Å²) in [5.41, 5.74) is 0.622. The number of hydrogen-bond acceptors (Lipinski definition) is 10. The van der Waals surface area contributed by atoms with E-state index in [0.717, 1.165) is 23.6 Å². The second-order valence-electron chi connectivity index (χ2n) is 13.6. The van der Waals surface area contributed by atoms with E-state index in [1.807, 2.05) is 4.90 Å². The van der Waals surface area contributed by atoms with Gasteiger partial charge in [-0.15, -0.1) is 0 Å². The van der Waals surface area contributed by atoms with Gasteiger partial charge in [-0.2, -0.15) is 26.2 Å². The predicted molar refractivity (Wildman–Crippen MR) is 190 cm³/mol. The van der Waals surface area contributed by atoms with Gasteiger partial charge in [0.15, 0.2) is 0 Å². The smallest absolute Gasteiger partial charge is 0.379 e. The third-order valence-electron chi connectivity index (χ3n) is 9.54. The first-order valence-corrected chi connectivity index (χ1v) is 20.0. The molecule has 15 nitrogen and oxygen atoms in total. The van der Waals surface area contributed by atoms with Gasteiger partial charge in [-0.25, -0.2) is 0 Å². The van der Waals surface area contributed by atoms with Crippen LogP contribution < -0.4 is 20.7 Å². The number of amides is 3. The third kappa shape index (κ3) is 13.3. The molecule has 4 rings (SSSR count). The molecule has 298 valence electrons. The molecule has 18 heteroatoms. The fourth-order valence-corrected chi connectivity index (χ4v) is 7.89. The number of Topliss-reactive ketones (excluding diaryl/α,β-unsaturated/α-hetero) is 1. The van der Waals surface area contributed by atoms with Crippen LogP contribution in [0.5, 0.6) is 0 Å². The van der Waals surface area contributed by atoms with Crippen molar-refractivity contribution in [3.05, 3.63) is 35.9 Å². The van der Waals surface area contributed by atoms with Crippen LogP contribution in [-0.4, -0.2) is 138 Å². The molecule has 3 amide bonds. The zero-order valence-electron chi connectivity index (χ0n) is 30.4. The van der Waals surface area contributed by atoms with Crippen LogP contribution in [0.15, 0.2) is 30.3 Å². The van der Waals surface area contributed by atoms with Crippen LogP contribution in [0.2, 0.25) is 0 Å². The predicted octanol–water partition coefficient (Wildman–Crippen LogP) is 0.741. The zero-order valence-corrected chi connectivity index (χ0v) is 31.2. The van der Waals surface area contributed by atoms with Crippen LogP contribution >= 0.6 is 0 Å². The van der Waals surface area contributed by atoms with Crippen molar-refractivity contribution in [3.8, 4) is 0 Å². The molecule has 1 aromatic rings. The van der Waals surface area contributed by atoms with Gasteiger partial charge in [-0.1, -0.05) is 69.4 Å². The van der Waals surface area contributed by atoms with Crippen molar-refractivity contribution in [3.63, 3.8) is 0 Å². The van der Waals surface area contributed by atoms with Gasteiger partial charge in [0.2, 0.25) is 17.9 Å². The van der Waals surface area contributed by atoms with E-state index in [0.29, 0.717) is 57.7 Å². The molecule has 3 fully saturated rings. The summed E-state index contributed by atoms with van der Waals surface area (Å²) in [6.07, 6.45) is 2.36. The largest absolute Gasteiger partial charge is 0.383 e. The Kier molecular flexibility index (Phi) is 17.0. The van der Waals surface area contributed by atoms with Gasteiger partial charge in [0.05, 0.1) is 32.5 Å². The maximum atomic E-state index is 15.5. The number of benzene rings is 1. The van der Waals surface area contributed by atoms with Gasteiger partial charge in [-0.3, -0.25) is 24.1 Å². The number of carbonyl (C=O) groups is 4. The molecule has 4 N–H and O–H groups in total. The van der Waals surface area contributed by atoms with Crippen molar-refractivity contribution in [1.82, 2.24) is 29.9 Å². The number of carbonyl (C=O) groups excluding carboxylic acids is 4. The van der Waals surface area contributed by atoms with Crippen molar-refractivity contribution >= 4 is 33.7 Å². The summed E-state index contributed by atoms with van der Waals surface area (Å²) in [6, 6.07) is 5.46. The van der Waals surface area contributed by atoms with Gasteiger partial charge in [0.1, 0.15) is 6.04 Å². The molecule has 1 aliphatic carbocycles. The Labute approximate surface area is 310 Å². The molecule has 1 unspecified atom stereocenters. The average Bonchev–Trinajstić information content (AvgIpc) is 3.17. The molecule has 0 aromatic heterocycles. The highest BCUT2D eigenvalue weighted by Gasteiger charge is 2.51. The van der Waals surface area contributed by atoms with Crippen molar-refractivity contribution in [1.29, 1.82) is 0 Å². The highest BCUT2D eigenvalue weighted by Crippen LogP contribution is 2.29. The number of alkyl halides is 2. The molecule has 0 bridgehead atoms. The Bertz CT molecular complexity index is 1440. The summed E-state index contributed by atoms with van der Waals surface area (Å²) < 4.78 is 77.5. The van der Waals surface area contributed by atoms with Crippen molar-refractivity contribution in [2.75, 3.05) is 72.3 Å². The number of ketones is 1. The van der Waals surface area contributed by atoms with Crippen LogP contribution in [0.1, 0.15) is 57.4 Å². The fraction of sp³-hybridized carbons (Fsp3) is 0.714. The summed E-state index contributed by atoms with van der Waals surface area (Å²) in [5, 5.41) is 6.96. The Morgan fingerprint density at radius 1 is 0.906 bits per heavy atom. The van der Waals surface area contributed by atoms with E-state index in [-0.39, 0.29) is 58.2 Å². The monoisotopic (exact) mass is 772 g/mol.